The molecule has 5 heterocycles. The van der Waals surface area contributed by atoms with Crippen LogP contribution < -0.4 is 10.2 Å². The average Bonchev–Trinajstić information content (AvgIpc) is 3.38. The van der Waals surface area contributed by atoms with Crippen LogP contribution in [0.15, 0.2) is 30.5 Å². The zero-order valence-corrected chi connectivity index (χ0v) is 17.7. The molecule has 31 heavy (non-hydrogen) atoms. The van der Waals surface area contributed by atoms with Gasteiger partial charge in [0.15, 0.2) is 0 Å². The first-order chi connectivity index (χ1) is 15.2. The minimum absolute atomic E-state index is 0.551. The van der Waals surface area contributed by atoms with E-state index in [9.17, 15) is 5.26 Å². The van der Waals surface area contributed by atoms with Crippen LogP contribution in [0.1, 0.15) is 36.3 Å². The quantitative estimate of drug-likeness (QED) is 0.802. The van der Waals surface area contributed by atoms with Gasteiger partial charge in [-0.25, -0.2) is 9.97 Å². The highest BCUT2D eigenvalue weighted by Crippen LogP contribution is 2.46. The van der Waals surface area contributed by atoms with Crippen molar-refractivity contribution in [2.45, 2.75) is 31.2 Å². The maximum Gasteiger partial charge on any atom is 0.134 e. The predicted octanol–water partition coefficient (Wildman–Crippen LogP) is 3.13. The predicted molar refractivity (Wildman–Crippen MR) is 118 cm³/mol. The van der Waals surface area contributed by atoms with Gasteiger partial charge in [-0.05, 0) is 79.9 Å². The average molecular weight is 417 g/mol. The number of pyridine rings is 2. The van der Waals surface area contributed by atoms with Gasteiger partial charge in [-0.3, -0.25) is 4.90 Å². The van der Waals surface area contributed by atoms with Crippen molar-refractivity contribution in [1.29, 1.82) is 5.26 Å². The van der Waals surface area contributed by atoms with Crippen molar-refractivity contribution in [3.05, 3.63) is 41.6 Å². The molecule has 1 unspecified atom stereocenters. The molecule has 4 fully saturated rings. The fraction of sp³-hybridized carbons (Fsp3) is 0.542. The first-order valence-corrected chi connectivity index (χ1v) is 11.5. The van der Waals surface area contributed by atoms with E-state index in [1.54, 1.807) is 18.3 Å². The van der Waals surface area contributed by atoms with Crippen molar-refractivity contribution in [3.63, 3.8) is 0 Å². The third-order valence-electron chi connectivity index (χ3n) is 7.42. The molecule has 2 aromatic heterocycles. The summed E-state index contributed by atoms with van der Waals surface area (Å²) in [6.07, 6.45) is 5.40. The van der Waals surface area contributed by atoms with Crippen molar-refractivity contribution in [2.75, 3.05) is 49.6 Å². The van der Waals surface area contributed by atoms with E-state index >= 15 is 0 Å². The molecule has 2 aromatic rings. The zero-order chi connectivity index (χ0) is 20.8. The Morgan fingerprint density at radius 2 is 1.87 bits per heavy atom. The molecule has 4 aliphatic rings. The molecule has 1 N–H and O–H groups in total. The standard InChI is InChI=1S/C24H28N6O/c25-11-16-1-4-26-22(7-16)27-23-9-18(10-24(28-23)30-12-19-8-20(19)13-30)17-2-5-29(6-3-17)21-14-31-15-21/h1,4,7,9-10,17,19-21H,2-3,5-6,8,12-15H2,(H,26,27,28)/t19-,20?/m0/s1. The fourth-order valence-corrected chi connectivity index (χ4v) is 5.32. The molecule has 6 rings (SSSR count). The first kappa shape index (κ1) is 19.0. The number of aromatic nitrogens is 2. The largest absolute Gasteiger partial charge is 0.378 e. The molecular weight excluding hydrogens is 388 g/mol. The molecule has 0 bridgehead atoms. The Balaban J connectivity index is 1.25. The van der Waals surface area contributed by atoms with Gasteiger partial charge in [-0.1, -0.05) is 0 Å². The van der Waals surface area contributed by atoms with Gasteiger partial charge in [0.2, 0.25) is 0 Å². The van der Waals surface area contributed by atoms with Crippen molar-refractivity contribution < 1.29 is 4.74 Å². The molecule has 1 aliphatic carbocycles. The van der Waals surface area contributed by atoms with Gasteiger partial charge in [0.25, 0.3) is 0 Å². The molecule has 7 nitrogen and oxygen atoms in total. The Kier molecular flexibility index (Phi) is 4.77. The molecule has 1 saturated carbocycles. The number of nitrogens with one attached hydrogen (secondary N) is 1. The monoisotopic (exact) mass is 416 g/mol. The first-order valence-electron chi connectivity index (χ1n) is 11.5. The van der Waals surface area contributed by atoms with Gasteiger partial charge >= 0.3 is 0 Å². The summed E-state index contributed by atoms with van der Waals surface area (Å²) in [7, 11) is 0. The smallest absolute Gasteiger partial charge is 0.134 e. The maximum atomic E-state index is 9.20. The lowest BCUT2D eigenvalue weighted by Crippen LogP contribution is -2.51. The molecule has 0 spiro atoms. The minimum atomic E-state index is 0.551. The fourth-order valence-electron chi connectivity index (χ4n) is 5.32. The second kappa shape index (κ2) is 7.77. The van der Waals surface area contributed by atoms with Crippen LogP contribution in [0.3, 0.4) is 0 Å². The number of nitrogens with zero attached hydrogens (tertiary/aromatic N) is 5. The van der Waals surface area contributed by atoms with Crippen LogP contribution in [0.25, 0.3) is 0 Å². The molecule has 0 amide bonds. The Labute approximate surface area is 183 Å². The van der Waals surface area contributed by atoms with Crippen molar-refractivity contribution in [3.8, 4) is 6.07 Å². The van der Waals surface area contributed by atoms with Gasteiger partial charge in [-0.2, -0.15) is 5.26 Å². The van der Waals surface area contributed by atoms with Crippen molar-refractivity contribution in [2.24, 2.45) is 11.8 Å². The number of hydrogen-bond donors (Lipinski definition) is 1. The van der Waals surface area contributed by atoms with Crippen LogP contribution >= 0.6 is 0 Å². The number of rotatable bonds is 5. The summed E-state index contributed by atoms with van der Waals surface area (Å²) in [5.41, 5.74) is 1.97. The number of ether oxygens (including phenoxy) is 1. The topological polar surface area (TPSA) is 77.3 Å². The Morgan fingerprint density at radius 3 is 2.58 bits per heavy atom. The number of nitriles is 1. The second-order valence-corrected chi connectivity index (χ2v) is 9.47. The molecule has 7 heteroatoms. The normalized spacial score (nSPS) is 26.2. The molecule has 160 valence electrons. The number of piperidine rings is 2. The Hall–Kier alpha value is -2.69. The minimum Gasteiger partial charge on any atom is -0.378 e. The van der Waals surface area contributed by atoms with Gasteiger partial charge < -0.3 is 15.0 Å². The van der Waals surface area contributed by atoms with Crippen LogP contribution in [-0.2, 0) is 4.74 Å². The van der Waals surface area contributed by atoms with Crippen LogP contribution in [-0.4, -0.2) is 60.3 Å². The Bertz CT molecular complexity index is 997. The van der Waals surface area contributed by atoms with E-state index in [4.69, 9.17) is 9.72 Å². The van der Waals surface area contributed by atoms with Crippen molar-refractivity contribution in [1.82, 2.24) is 14.9 Å². The summed E-state index contributed by atoms with van der Waals surface area (Å²) in [6, 6.07) is 10.8. The van der Waals surface area contributed by atoms with E-state index in [0.717, 1.165) is 62.9 Å². The van der Waals surface area contributed by atoms with Crippen LogP contribution in [0, 0.1) is 23.2 Å². The van der Waals surface area contributed by atoms with E-state index in [1.165, 1.54) is 24.8 Å². The lowest BCUT2D eigenvalue weighted by molar-refractivity contribution is -0.0712. The summed E-state index contributed by atoms with van der Waals surface area (Å²) in [5, 5.41) is 12.6. The summed E-state index contributed by atoms with van der Waals surface area (Å²) in [6.45, 7) is 6.32. The molecule has 2 atom stereocenters. The zero-order valence-electron chi connectivity index (χ0n) is 17.7. The SMILES string of the molecule is N#Cc1ccnc(Nc2cc(C3CCN(C4COC4)CC3)cc(N3CC4C[C@H]4C3)n2)c1. The van der Waals surface area contributed by atoms with E-state index in [2.05, 4.69) is 38.3 Å². The van der Waals surface area contributed by atoms with Crippen molar-refractivity contribution >= 4 is 17.5 Å². The van der Waals surface area contributed by atoms with E-state index in [1.807, 2.05) is 0 Å². The summed E-state index contributed by atoms with van der Waals surface area (Å²) in [4.78, 5) is 14.4. The van der Waals surface area contributed by atoms with Crippen LogP contribution in [0.2, 0.25) is 0 Å². The number of hydrogen-bond acceptors (Lipinski definition) is 7. The number of anilines is 3. The number of fused-ring (bicyclic) bond motifs is 1. The molecule has 3 saturated heterocycles. The van der Waals surface area contributed by atoms with Gasteiger partial charge in [0.1, 0.15) is 17.5 Å². The Morgan fingerprint density at radius 1 is 1.06 bits per heavy atom. The highest BCUT2D eigenvalue weighted by molar-refractivity contribution is 5.59. The summed E-state index contributed by atoms with van der Waals surface area (Å²) in [5.74, 6) is 4.85. The molecule has 3 aliphatic heterocycles. The highest BCUT2D eigenvalue weighted by atomic mass is 16.5. The van der Waals surface area contributed by atoms with Gasteiger partial charge in [-0.15, -0.1) is 0 Å². The van der Waals surface area contributed by atoms with Crippen LogP contribution in [0.5, 0.6) is 0 Å². The summed E-state index contributed by atoms with van der Waals surface area (Å²) < 4.78 is 5.38. The van der Waals surface area contributed by atoms with Gasteiger partial charge in [0, 0.05) is 19.3 Å². The lowest BCUT2D eigenvalue weighted by atomic mass is 9.89. The molecule has 0 aromatic carbocycles. The third-order valence-corrected chi connectivity index (χ3v) is 7.42. The van der Waals surface area contributed by atoms with Gasteiger partial charge in [0.05, 0.1) is 30.9 Å². The highest BCUT2D eigenvalue weighted by Gasteiger charge is 2.45. The molecule has 0 radical (unpaired) electrons. The molecular formula is C24H28N6O. The van der Waals surface area contributed by atoms with E-state index < -0.39 is 0 Å². The third kappa shape index (κ3) is 3.86. The van der Waals surface area contributed by atoms with E-state index in [-0.39, 0.29) is 0 Å². The number of likely N-dealkylation sites (tertiary alicyclic amines) is 1. The van der Waals surface area contributed by atoms with Crippen LogP contribution in [0.4, 0.5) is 17.5 Å². The lowest BCUT2D eigenvalue weighted by Gasteiger charge is -2.41. The second-order valence-electron chi connectivity index (χ2n) is 9.47. The van der Waals surface area contributed by atoms with E-state index in [0.29, 0.717) is 23.3 Å². The maximum absolute atomic E-state index is 9.20. The summed E-state index contributed by atoms with van der Waals surface area (Å²) >= 11 is 0.